The third-order valence-corrected chi connectivity index (χ3v) is 6.02. The van der Waals surface area contributed by atoms with Gasteiger partial charge in [-0.1, -0.05) is 6.07 Å². The molecule has 0 radical (unpaired) electrons. The number of nitrogens with zero attached hydrogens (tertiary/aromatic N) is 2. The molecule has 0 atom stereocenters. The van der Waals surface area contributed by atoms with Gasteiger partial charge in [-0.25, -0.2) is 8.42 Å². The molecule has 2 rings (SSSR count). The molecule has 116 valence electrons. The Morgan fingerprint density at radius 2 is 2.00 bits per heavy atom. The van der Waals surface area contributed by atoms with Crippen LogP contribution in [-0.4, -0.2) is 37.3 Å². The van der Waals surface area contributed by atoms with Crippen LogP contribution in [0.1, 0.15) is 18.4 Å². The quantitative estimate of drug-likeness (QED) is 0.665. The number of nitrogens with two attached hydrogens (primary N) is 1. The average molecular weight is 313 g/mol. The molecule has 0 spiro atoms. The summed E-state index contributed by atoms with van der Waals surface area (Å²) in [5.41, 5.74) is 5.61. The molecule has 1 aromatic rings. The molecular formula is C13H19N3O4S. The second-order valence-corrected chi connectivity index (χ2v) is 7.15. The van der Waals surface area contributed by atoms with Gasteiger partial charge in [-0.3, -0.25) is 10.1 Å². The van der Waals surface area contributed by atoms with Crippen LogP contribution >= 0.6 is 0 Å². The molecule has 8 heteroatoms. The van der Waals surface area contributed by atoms with Crippen molar-refractivity contribution in [2.45, 2.75) is 24.7 Å². The van der Waals surface area contributed by atoms with Gasteiger partial charge in [0.05, 0.1) is 9.82 Å². The van der Waals surface area contributed by atoms with Gasteiger partial charge < -0.3 is 5.73 Å². The van der Waals surface area contributed by atoms with E-state index < -0.39 is 14.9 Å². The zero-order valence-electron chi connectivity index (χ0n) is 11.9. The Labute approximate surface area is 123 Å². The van der Waals surface area contributed by atoms with Crippen LogP contribution in [0.4, 0.5) is 5.69 Å². The van der Waals surface area contributed by atoms with Gasteiger partial charge in [-0.2, -0.15) is 4.31 Å². The summed E-state index contributed by atoms with van der Waals surface area (Å²) < 4.78 is 26.7. The second kappa shape index (κ2) is 6.08. The molecular weight excluding hydrogens is 294 g/mol. The third-order valence-electron chi connectivity index (χ3n) is 3.98. The summed E-state index contributed by atoms with van der Waals surface area (Å²) in [4.78, 5) is 10.4. The van der Waals surface area contributed by atoms with E-state index in [1.54, 1.807) is 0 Å². The standard InChI is InChI=1S/C13H19N3O4S/c1-10-12(16(17)18)3-2-4-13(10)21(19,20)15-7-5-11(9-14)6-8-15/h2-4,11H,5-9,14H2,1H3. The fourth-order valence-electron chi connectivity index (χ4n) is 2.60. The fourth-order valence-corrected chi connectivity index (χ4v) is 4.32. The number of rotatable bonds is 4. The predicted molar refractivity (Wildman–Crippen MR) is 78.4 cm³/mol. The van der Waals surface area contributed by atoms with E-state index in [1.807, 2.05) is 0 Å². The lowest BCUT2D eigenvalue weighted by Gasteiger charge is -2.30. The predicted octanol–water partition coefficient (Wildman–Crippen LogP) is 1.26. The molecule has 1 heterocycles. The van der Waals surface area contributed by atoms with E-state index in [9.17, 15) is 18.5 Å². The molecule has 0 amide bonds. The number of hydrogen-bond donors (Lipinski definition) is 1. The molecule has 2 N–H and O–H groups in total. The summed E-state index contributed by atoms with van der Waals surface area (Å²) in [5.74, 6) is 0.350. The van der Waals surface area contributed by atoms with Gasteiger partial charge in [0.15, 0.2) is 0 Å². The topological polar surface area (TPSA) is 107 Å². The molecule has 1 saturated heterocycles. The first-order chi connectivity index (χ1) is 9.87. The lowest BCUT2D eigenvalue weighted by molar-refractivity contribution is -0.385. The normalized spacial score (nSPS) is 17.8. The van der Waals surface area contributed by atoms with Gasteiger partial charge in [0.2, 0.25) is 10.0 Å². The van der Waals surface area contributed by atoms with Gasteiger partial charge in [0.1, 0.15) is 0 Å². The Morgan fingerprint density at radius 3 is 2.52 bits per heavy atom. The Bertz CT molecular complexity index is 637. The first kappa shape index (κ1) is 15.9. The minimum atomic E-state index is -3.69. The number of nitro groups is 1. The van der Waals surface area contributed by atoms with Crippen LogP contribution in [0.15, 0.2) is 23.1 Å². The molecule has 1 aromatic carbocycles. The number of sulfonamides is 1. The van der Waals surface area contributed by atoms with Crippen LogP contribution in [0.2, 0.25) is 0 Å². The van der Waals surface area contributed by atoms with Crippen LogP contribution in [0.5, 0.6) is 0 Å². The van der Waals surface area contributed by atoms with E-state index in [2.05, 4.69) is 0 Å². The maximum Gasteiger partial charge on any atom is 0.273 e. The van der Waals surface area contributed by atoms with E-state index in [-0.39, 0.29) is 16.1 Å². The smallest absolute Gasteiger partial charge is 0.273 e. The number of hydrogen-bond acceptors (Lipinski definition) is 5. The summed E-state index contributed by atoms with van der Waals surface area (Å²) in [6.45, 7) is 2.85. The Morgan fingerprint density at radius 1 is 1.38 bits per heavy atom. The first-order valence-electron chi connectivity index (χ1n) is 6.82. The number of piperidine rings is 1. The monoisotopic (exact) mass is 313 g/mol. The summed E-state index contributed by atoms with van der Waals surface area (Å²) >= 11 is 0. The lowest BCUT2D eigenvalue weighted by Crippen LogP contribution is -2.40. The van der Waals surface area contributed by atoms with Gasteiger partial charge in [0, 0.05) is 24.7 Å². The Hall–Kier alpha value is -1.51. The number of nitro benzene ring substituents is 1. The minimum Gasteiger partial charge on any atom is -0.330 e. The fraction of sp³-hybridized carbons (Fsp3) is 0.538. The number of benzene rings is 1. The van der Waals surface area contributed by atoms with Crippen molar-refractivity contribution in [1.82, 2.24) is 4.31 Å². The van der Waals surface area contributed by atoms with Crippen LogP contribution in [0.25, 0.3) is 0 Å². The van der Waals surface area contributed by atoms with Crippen LogP contribution in [0.3, 0.4) is 0 Å². The van der Waals surface area contributed by atoms with Crippen molar-refractivity contribution in [2.75, 3.05) is 19.6 Å². The molecule has 21 heavy (non-hydrogen) atoms. The van der Waals surface area contributed by atoms with E-state index in [4.69, 9.17) is 5.73 Å². The van der Waals surface area contributed by atoms with Crippen molar-refractivity contribution >= 4 is 15.7 Å². The second-order valence-electron chi connectivity index (χ2n) is 5.24. The summed E-state index contributed by atoms with van der Waals surface area (Å²) in [6, 6.07) is 4.15. The third kappa shape index (κ3) is 3.07. The summed E-state index contributed by atoms with van der Waals surface area (Å²) in [5, 5.41) is 10.9. The van der Waals surface area contributed by atoms with Crippen LogP contribution < -0.4 is 5.73 Å². The van der Waals surface area contributed by atoms with E-state index in [0.717, 1.165) is 12.8 Å². The molecule has 1 fully saturated rings. The van der Waals surface area contributed by atoms with Gasteiger partial charge >= 0.3 is 0 Å². The Kier molecular flexibility index (Phi) is 4.60. The molecule has 1 aliphatic heterocycles. The molecule has 0 bridgehead atoms. The highest BCUT2D eigenvalue weighted by Crippen LogP contribution is 2.29. The van der Waals surface area contributed by atoms with Crippen LogP contribution in [-0.2, 0) is 10.0 Å². The molecule has 0 aliphatic carbocycles. The van der Waals surface area contributed by atoms with Crippen molar-refractivity contribution in [1.29, 1.82) is 0 Å². The van der Waals surface area contributed by atoms with Gasteiger partial charge in [-0.15, -0.1) is 0 Å². The minimum absolute atomic E-state index is 0.0166. The molecule has 0 aromatic heterocycles. The van der Waals surface area contributed by atoms with Gasteiger partial charge in [0.25, 0.3) is 5.69 Å². The highest BCUT2D eigenvalue weighted by atomic mass is 32.2. The molecule has 1 aliphatic rings. The van der Waals surface area contributed by atoms with Crippen molar-refractivity contribution in [3.05, 3.63) is 33.9 Å². The van der Waals surface area contributed by atoms with E-state index in [0.29, 0.717) is 25.6 Å². The lowest BCUT2D eigenvalue weighted by atomic mass is 9.99. The van der Waals surface area contributed by atoms with Crippen molar-refractivity contribution < 1.29 is 13.3 Å². The molecule has 7 nitrogen and oxygen atoms in total. The highest BCUT2D eigenvalue weighted by Gasteiger charge is 2.31. The zero-order valence-corrected chi connectivity index (χ0v) is 12.7. The van der Waals surface area contributed by atoms with Crippen molar-refractivity contribution in [3.8, 4) is 0 Å². The maximum atomic E-state index is 12.6. The highest BCUT2D eigenvalue weighted by molar-refractivity contribution is 7.89. The Balaban J connectivity index is 2.33. The SMILES string of the molecule is Cc1c([N+](=O)[O-])cccc1S(=O)(=O)N1CCC(CN)CC1. The van der Waals surface area contributed by atoms with Gasteiger partial charge in [-0.05, 0) is 38.3 Å². The molecule has 0 unspecified atom stereocenters. The maximum absolute atomic E-state index is 12.6. The zero-order chi connectivity index (χ0) is 15.6. The van der Waals surface area contributed by atoms with Crippen molar-refractivity contribution in [2.24, 2.45) is 11.7 Å². The van der Waals surface area contributed by atoms with Crippen molar-refractivity contribution in [3.63, 3.8) is 0 Å². The first-order valence-corrected chi connectivity index (χ1v) is 8.26. The van der Waals surface area contributed by atoms with Crippen LogP contribution in [0, 0.1) is 23.0 Å². The molecule has 0 saturated carbocycles. The average Bonchev–Trinajstić information content (AvgIpc) is 2.47. The largest absolute Gasteiger partial charge is 0.330 e. The summed E-state index contributed by atoms with van der Waals surface area (Å²) in [7, 11) is -3.69. The van der Waals surface area contributed by atoms with E-state index in [1.165, 1.54) is 29.4 Å². The van der Waals surface area contributed by atoms with E-state index >= 15 is 0 Å². The summed E-state index contributed by atoms with van der Waals surface area (Å²) in [6.07, 6.45) is 1.45.